The van der Waals surface area contributed by atoms with Crippen molar-refractivity contribution in [1.82, 2.24) is 0 Å². The summed E-state index contributed by atoms with van der Waals surface area (Å²) in [5.74, 6) is 0.724. The van der Waals surface area contributed by atoms with Crippen molar-refractivity contribution in [2.24, 2.45) is 0 Å². The highest BCUT2D eigenvalue weighted by Crippen LogP contribution is 2.22. The van der Waals surface area contributed by atoms with Gasteiger partial charge in [-0.25, -0.2) is 0 Å². The van der Waals surface area contributed by atoms with Gasteiger partial charge in [0.25, 0.3) is 0 Å². The Bertz CT molecular complexity index is 274. The monoisotopic (exact) mass is 280 g/mol. The normalized spacial score (nSPS) is 13.6. The largest absolute Gasteiger partial charge is 0.481 e. The molecule has 0 aromatic carbocycles. The van der Waals surface area contributed by atoms with Gasteiger partial charge < -0.3 is 5.11 Å². The van der Waals surface area contributed by atoms with E-state index in [1.54, 1.807) is 21.6 Å². The first-order valence-corrected chi connectivity index (χ1v) is 8.65. The number of rotatable bonds is 9. The van der Waals surface area contributed by atoms with Crippen LogP contribution in [0.4, 0.5) is 0 Å². The van der Waals surface area contributed by atoms with E-state index >= 15 is 0 Å². The molecule has 0 radical (unpaired) electrons. The van der Waals surface area contributed by atoms with Crippen LogP contribution in [0.1, 0.15) is 13.3 Å². The minimum absolute atomic E-state index is 0.0242. The summed E-state index contributed by atoms with van der Waals surface area (Å²) in [4.78, 5) is 10.2. The maximum atomic E-state index is 11.3. The number of carboxylic acid groups (broad SMARTS) is 1. The standard InChI is InChI=1S/C10H16O3S3/c1-2-3-6-14-15-7-4-8-16(13)9-5-10(11)12/h2-4,7H,5-6,8-9H2,1H3,(H,11,12)/b3-2?,7-4+. The topological polar surface area (TPSA) is 54.4 Å². The molecule has 1 unspecified atom stereocenters. The number of aliphatic carboxylic acids is 1. The van der Waals surface area contributed by atoms with Crippen LogP contribution in [0.5, 0.6) is 0 Å². The van der Waals surface area contributed by atoms with Gasteiger partial charge in [-0.3, -0.25) is 9.00 Å². The Morgan fingerprint density at radius 2 is 2.19 bits per heavy atom. The van der Waals surface area contributed by atoms with Gasteiger partial charge in [0.05, 0.1) is 6.42 Å². The molecule has 0 spiro atoms. The van der Waals surface area contributed by atoms with Gasteiger partial charge in [0.2, 0.25) is 0 Å². The number of allylic oxidation sites excluding steroid dienone is 1. The van der Waals surface area contributed by atoms with Crippen LogP contribution >= 0.6 is 21.6 Å². The van der Waals surface area contributed by atoms with Crippen molar-refractivity contribution in [3.05, 3.63) is 23.6 Å². The molecule has 16 heavy (non-hydrogen) atoms. The summed E-state index contributed by atoms with van der Waals surface area (Å²) in [5, 5.41) is 10.3. The second kappa shape index (κ2) is 11.3. The SMILES string of the molecule is CC=CCSS/C=C/CS(=O)CCC(=O)O. The van der Waals surface area contributed by atoms with Gasteiger partial charge >= 0.3 is 5.97 Å². The number of carbonyl (C=O) groups is 1. The first-order chi connectivity index (χ1) is 7.66. The number of carboxylic acids is 1. The van der Waals surface area contributed by atoms with E-state index in [-0.39, 0.29) is 12.2 Å². The molecule has 0 aromatic heterocycles. The lowest BCUT2D eigenvalue weighted by atomic mass is 10.5. The first kappa shape index (κ1) is 15.8. The summed E-state index contributed by atoms with van der Waals surface area (Å²) in [7, 11) is 2.24. The fourth-order valence-corrected chi connectivity index (χ4v) is 3.23. The third-order valence-electron chi connectivity index (χ3n) is 1.45. The van der Waals surface area contributed by atoms with Gasteiger partial charge in [-0.05, 0) is 12.3 Å². The van der Waals surface area contributed by atoms with Crippen molar-refractivity contribution >= 4 is 38.4 Å². The molecule has 0 fully saturated rings. The molecule has 6 heteroatoms. The van der Waals surface area contributed by atoms with E-state index in [0.29, 0.717) is 5.75 Å². The van der Waals surface area contributed by atoms with E-state index in [1.807, 2.05) is 24.5 Å². The molecule has 92 valence electrons. The smallest absolute Gasteiger partial charge is 0.304 e. The second-order valence-corrected chi connectivity index (χ2v) is 6.72. The highest BCUT2D eigenvalue weighted by Gasteiger charge is 2.01. The third-order valence-corrected chi connectivity index (χ3v) is 4.59. The molecule has 0 aliphatic carbocycles. The van der Waals surface area contributed by atoms with E-state index in [4.69, 9.17) is 5.11 Å². The molecule has 0 aliphatic rings. The lowest BCUT2D eigenvalue weighted by molar-refractivity contribution is -0.136. The van der Waals surface area contributed by atoms with Crippen molar-refractivity contribution in [2.45, 2.75) is 13.3 Å². The minimum Gasteiger partial charge on any atom is -0.481 e. The Hall–Kier alpha value is -0.200. The van der Waals surface area contributed by atoms with Crippen molar-refractivity contribution in [1.29, 1.82) is 0 Å². The van der Waals surface area contributed by atoms with Crippen LogP contribution in [-0.2, 0) is 15.6 Å². The summed E-state index contributed by atoms with van der Waals surface area (Å²) in [6, 6.07) is 0. The van der Waals surface area contributed by atoms with Crippen molar-refractivity contribution < 1.29 is 14.1 Å². The van der Waals surface area contributed by atoms with Gasteiger partial charge in [0.15, 0.2) is 0 Å². The molecule has 0 saturated carbocycles. The molecule has 0 aliphatic heterocycles. The van der Waals surface area contributed by atoms with Crippen molar-refractivity contribution in [3.8, 4) is 0 Å². The Labute approximate surface area is 107 Å². The van der Waals surface area contributed by atoms with E-state index in [1.165, 1.54) is 0 Å². The maximum Gasteiger partial charge on any atom is 0.304 e. The van der Waals surface area contributed by atoms with E-state index in [2.05, 4.69) is 6.08 Å². The zero-order valence-corrected chi connectivity index (χ0v) is 11.6. The van der Waals surface area contributed by atoms with E-state index in [9.17, 15) is 9.00 Å². The molecule has 1 N–H and O–H groups in total. The Morgan fingerprint density at radius 1 is 1.44 bits per heavy atom. The highest BCUT2D eigenvalue weighted by atomic mass is 33.1. The Balaban J connectivity index is 3.44. The molecule has 0 amide bonds. The second-order valence-electron chi connectivity index (χ2n) is 2.78. The zero-order valence-electron chi connectivity index (χ0n) is 9.13. The molecule has 1 atom stereocenters. The minimum atomic E-state index is -1.05. The van der Waals surface area contributed by atoms with Crippen LogP contribution < -0.4 is 0 Å². The molecule has 0 bridgehead atoms. The summed E-state index contributed by atoms with van der Waals surface area (Å²) in [5.41, 5.74) is 0. The first-order valence-electron chi connectivity index (χ1n) is 4.78. The molecule has 0 saturated heterocycles. The summed E-state index contributed by atoms with van der Waals surface area (Å²) in [6.07, 6.45) is 5.86. The van der Waals surface area contributed by atoms with Gasteiger partial charge in [-0.15, -0.1) is 0 Å². The third kappa shape index (κ3) is 11.9. The van der Waals surface area contributed by atoms with Gasteiger partial charge in [0, 0.05) is 28.1 Å². The molecule has 0 rings (SSSR count). The van der Waals surface area contributed by atoms with Gasteiger partial charge in [-0.1, -0.05) is 39.8 Å². The lowest BCUT2D eigenvalue weighted by Crippen LogP contribution is -2.06. The summed E-state index contributed by atoms with van der Waals surface area (Å²) >= 11 is 0. The van der Waals surface area contributed by atoms with Gasteiger partial charge in [-0.2, -0.15) is 0 Å². The van der Waals surface area contributed by atoms with Crippen LogP contribution in [0.3, 0.4) is 0 Å². The summed E-state index contributed by atoms with van der Waals surface area (Å²) < 4.78 is 11.3. The van der Waals surface area contributed by atoms with Gasteiger partial charge in [0.1, 0.15) is 0 Å². The quantitative estimate of drug-likeness (QED) is 0.400. The lowest BCUT2D eigenvalue weighted by Gasteiger charge is -1.95. The van der Waals surface area contributed by atoms with Crippen LogP contribution in [-0.4, -0.2) is 32.5 Å². The fraction of sp³-hybridized carbons (Fsp3) is 0.500. The Morgan fingerprint density at radius 3 is 2.81 bits per heavy atom. The van der Waals surface area contributed by atoms with Crippen molar-refractivity contribution in [3.63, 3.8) is 0 Å². The molecule has 3 nitrogen and oxygen atoms in total. The average Bonchev–Trinajstić information content (AvgIpc) is 2.25. The molecular formula is C10H16O3S3. The van der Waals surface area contributed by atoms with E-state index in [0.717, 1.165) is 5.75 Å². The molecule has 0 heterocycles. The number of hydrogen-bond donors (Lipinski definition) is 1. The molecule has 0 aromatic rings. The maximum absolute atomic E-state index is 11.3. The Kier molecular flexibility index (Phi) is 11.1. The van der Waals surface area contributed by atoms with E-state index < -0.39 is 16.8 Å². The highest BCUT2D eigenvalue weighted by molar-refractivity contribution is 8.77. The van der Waals surface area contributed by atoms with Crippen LogP contribution in [0.2, 0.25) is 0 Å². The predicted molar refractivity (Wildman–Crippen MR) is 74.1 cm³/mol. The van der Waals surface area contributed by atoms with Crippen molar-refractivity contribution in [2.75, 3.05) is 17.3 Å². The fourth-order valence-electron chi connectivity index (χ4n) is 0.684. The number of hydrogen-bond acceptors (Lipinski definition) is 4. The predicted octanol–water partition coefficient (Wildman–Crippen LogP) is 2.68. The zero-order chi connectivity index (χ0) is 12.2. The van der Waals surface area contributed by atoms with Crippen LogP contribution in [0.25, 0.3) is 0 Å². The molecular weight excluding hydrogens is 264 g/mol. The van der Waals surface area contributed by atoms with Crippen LogP contribution in [0.15, 0.2) is 23.6 Å². The van der Waals surface area contributed by atoms with Crippen LogP contribution in [0, 0.1) is 0 Å². The summed E-state index contributed by atoms with van der Waals surface area (Å²) in [6.45, 7) is 1.98. The average molecular weight is 280 g/mol.